The van der Waals surface area contributed by atoms with Gasteiger partial charge in [-0.15, -0.1) is 0 Å². The SMILES string of the molecule is COc1cc2/c(=N/OC(C)=O)ccn3c4ccccc4c(c1)c23. The Hall–Kier alpha value is -3.08. The lowest BCUT2D eigenvalue weighted by atomic mass is 10.1. The van der Waals surface area contributed by atoms with E-state index in [4.69, 9.17) is 9.57 Å². The summed E-state index contributed by atoms with van der Waals surface area (Å²) >= 11 is 0. The smallest absolute Gasteiger partial charge is 0.332 e. The van der Waals surface area contributed by atoms with Crippen molar-refractivity contribution in [1.82, 2.24) is 4.40 Å². The number of para-hydroxylation sites is 1. The molecule has 2 aromatic carbocycles. The van der Waals surface area contributed by atoms with E-state index in [0.717, 1.165) is 32.9 Å². The number of benzene rings is 2. The minimum Gasteiger partial charge on any atom is -0.497 e. The van der Waals surface area contributed by atoms with Gasteiger partial charge in [-0.1, -0.05) is 23.4 Å². The number of hydrogen-bond donors (Lipinski definition) is 0. The molecule has 0 atom stereocenters. The molecule has 0 radical (unpaired) electrons. The molecule has 0 aliphatic carbocycles. The molecule has 4 rings (SSSR count). The van der Waals surface area contributed by atoms with Gasteiger partial charge in [-0.2, -0.15) is 0 Å². The Morgan fingerprint density at radius 3 is 2.65 bits per heavy atom. The summed E-state index contributed by atoms with van der Waals surface area (Å²) in [5, 5.41) is 7.65. The average molecular weight is 306 g/mol. The van der Waals surface area contributed by atoms with Crippen molar-refractivity contribution in [3.63, 3.8) is 0 Å². The van der Waals surface area contributed by atoms with Gasteiger partial charge in [-0.3, -0.25) is 0 Å². The van der Waals surface area contributed by atoms with Crippen molar-refractivity contribution in [1.29, 1.82) is 0 Å². The van der Waals surface area contributed by atoms with E-state index < -0.39 is 5.97 Å². The van der Waals surface area contributed by atoms with Crippen LogP contribution in [0.2, 0.25) is 0 Å². The summed E-state index contributed by atoms with van der Waals surface area (Å²) in [5.74, 6) is 0.289. The zero-order valence-corrected chi connectivity index (χ0v) is 12.7. The molecule has 0 bridgehead atoms. The van der Waals surface area contributed by atoms with Gasteiger partial charge in [-0.05, 0) is 24.3 Å². The highest BCUT2D eigenvalue weighted by molar-refractivity contribution is 6.14. The average Bonchev–Trinajstić information content (AvgIpc) is 2.89. The number of nitrogens with zero attached hydrogens (tertiary/aromatic N) is 2. The van der Waals surface area contributed by atoms with Crippen LogP contribution in [0.5, 0.6) is 5.75 Å². The molecule has 0 spiro atoms. The van der Waals surface area contributed by atoms with E-state index in [0.29, 0.717) is 5.36 Å². The van der Waals surface area contributed by atoms with Crippen LogP contribution in [0, 0.1) is 0 Å². The number of carbonyl (C=O) groups excluding carboxylic acids is 1. The van der Waals surface area contributed by atoms with E-state index in [9.17, 15) is 4.79 Å². The number of ether oxygens (including phenoxy) is 1. The molecule has 5 heteroatoms. The quantitative estimate of drug-likeness (QED) is 0.422. The van der Waals surface area contributed by atoms with Crippen molar-refractivity contribution in [3.8, 4) is 5.75 Å². The molecular formula is C18H14N2O3. The summed E-state index contributed by atoms with van der Waals surface area (Å²) < 4.78 is 7.54. The molecule has 0 amide bonds. The van der Waals surface area contributed by atoms with Crippen LogP contribution in [-0.4, -0.2) is 17.5 Å². The normalized spacial score (nSPS) is 12.3. The number of carbonyl (C=O) groups is 1. The topological polar surface area (TPSA) is 52.3 Å². The maximum atomic E-state index is 11.1. The standard InChI is InChI=1S/C18H14N2O3/c1-11(21)23-19-16-7-8-20-17-6-4-3-5-13(17)14-9-12(22-2)10-15(16)18(14)20/h3-10H,1-2H3/b19-16+. The third-order valence-corrected chi connectivity index (χ3v) is 3.94. The van der Waals surface area contributed by atoms with Crippen molar-refractivity contribution >= 4 is 33.2 Å². The number of hydrogen-bond acceptors (Lipinski definition) is 4. The maximum absolute atomic E-state index is 11.1. The van der Waals surface area contributed by atoms with E-state index in [1.54, 1.807) is 7.11 Å². The minimum atomic E-state index is -0.448. The van der Waals surface area contributed by atoms with Crippen LogP contribution in [0.3, 0.4) is 0 Å². The van der Waals surface area contributed by atoms with Gasteiger partial charge in [0.05, 0.1) is 18.1 Å². The summed E-state index contributed by atoms with van der Waals surface area (Å²) in [7, 11) is 1.63. The summed E-state index contributed by atoms with van der Waals surface area (Å²) in [5.41, 5.74) is 2.14. The van der Waals surface area contributed by atoms with Crippen LogP contribution in [0.15, 0.2) is 53.8 Å². The molecule has 0 fully saturated rings. The third kappa shape index (κ3) is 2.01. The van der Waals surface area contributed by atoms with E-state index in [-0.39, 0.29) is 0 Å². The van der Waals surface area contributed by atoms with E-state index in [1.165, 1.54) is 6.92 Å². The molecule has 0 N–H and O–H groups in total. The van der Waals surface area contributed by atoms with Gasteiger partial charge in [0.2, 0.25) is 0 Å². The van der Waals surface area contributed by atoms with Gasteiger partial charge in [0.25, 0.3) is 0 Å². The first-order valence-corrected chi connectivity index (χ1v) is 7.24. The number of pyridine rings is 1. The summed E-state index contributed by atoms with van der Waals surface area (Å²) in [4.78, 5) is 15.9. The van der Waals surface area contributed by atoms with Gasteiger partial charge in [0.1, 0.15) is 11.1 Å². The third-order valence-electron chi connectivity index (χ3n) is 3.94. The first-order chi connectivity index (χ1) is 11.2. The van der Waals surface area contributed by atoms with E-state index in [2.05, 4.69) is 21.7 Å². The predicted octanol–water partition coefficient (Wildman–Crippen LogP) is 3.07. The lowest BCUT2D eigenvalue weighted by molar-refractivity contribution is -0.141. The molecular weight excluding hydrogens is 292 g/mol. The van der Waals surface area contributed by atoms with Crippen LogP contribution in [0.4, 0.5) is 0 Å². The Labute approximate surface area is 131 Å². The summed E-state index contributed by atoms with van der Waals surface area (Å²) in [6.45, 7) is 1.33. The van der Waals surface area contributed by atoms with Crippen molar-refractivity contribution in [3.05, 3.63) is 54.0 Å². The highest BCUT2D eigenvalue weighted by Gasteiger charge is 2.13. The number of fused-ring (bicyclic) bond motifs is 3. The predicted molar refractivity (Wildman–Crippen MR) is 87.5 cm³/mol. The molecule has 5 nitrogen and oxygen atoms in total. The Morgan fingerprint density at radius 2 is 1.87 bits per heavy atom. The highest BCUT2D eigenvalue weighted by atomic mass is 16.7. The largest absolute Gasteiger partial charge is 0.497 e. The van der Waals surface area contributed by atoms with Crippen molar-refractivity contribution in [2.45, 2.75) is 6.92 Å². The Morgan fingerprint density at radius 1 is 1.09 bits per heavy atom. The number of methoxy groups -OCH3 is 1. The van der Waals surface area contributed by atoms with E-state index >= 15 is 0 Å². The monoisotopic (exact) mass is 306 g/mol. The lowest BCUT2D eigenvalue weighted by Gasteiger charge is -2.05. The number of rotatable bonds is 2. The molecule has 2 aromatic heterocycles. The molecule has 0 aliphatic heterocycles. The molecule has 0 saturated heterocycles. The van der Waals surface area contributed by atoms with Crippen LogP contribution in [0.1, 0.15) is 6.92 Å². The van der Waals surface area contributed by atoms with Gasteiger partial charge >= 0.3 is 5.97 Å². The Kier molecular flexibility index (Phi) is 2.94. The fourth-order valence-corrected chi connectivity index (χ4v) is 3.00. The molecule has 0 unspecified atom stereocenters. The second-order valence-corrected chi connectivity index (χ2v) is 5.33. The van der Waals surface area contributed by atoms with Gasteiger partial charge in [0, 0.05) is 29.3 Å². The van der Waals surface area contributed by atoms with Crippen LogP contribution < -0.4 is 10.1 Å². The van der Waals surface area contributed by atoms with Crippen molar-refractivity contribution in [2.75, 3.05) is 7.11 Å². The lowest BCUT2D eigenvalue weighted by Crippen LogP contribution is -2.07. The van der Waals surface area contributed by atoms with E-state index in [1.807, 2.05) is 36.5 Å². The van der Waals surface area contributed by atoms with Crippen molar-refractivity contribution in [2.24, 2.45) is 5.16 Å². The first-order valence-electron chi connectivity index (χ1n) is 7.24. The highest BCUT2D eigenvalue weighted by Crippen LogP contribution is 2.33. The van der Waals surface area contributed by atoms with Gasteiger partial charge < -0.3 is 14.0 Å². The van der Waals surface area contributed by atoms with Gasteiger partial charge in [0.15, 0.2) is 0 Å². The molecule has 114 valence electrons. The van der Waals surface area contributed by atoms with Gasteiger partial charge in [-0.25, -0.2) is 4.79 Å². The Balaban J connectivity index is 2.21. The fourth-order valence-electron chi connectivity index (χ4n) is 3.00. The Bertz CT molecular complexity index is 1110. The summed E-state index contributed by atoms with van der Waals surface area (Å²) in [6, 6.07) is 13.9. The summed E-state index contributed by atoms with van der Waals surface area (Å²) in [6.07, 6.45) is 1.94. The second-order valence-electron chi connectivity index (χ2n) is 5.33. The second kappa shape index (κ2) is 4.98. The minimum absolute atomic E-state index is 0.448. The fraction of sp³-hybridized carbons (Fsp3) is 0.111. The molecule has 0 aliphatic rings. The van der Waals surface area contributed by atoms with Crippen LogP contribution in [-0.2, 0) is 9.63 Å². The molecule has 2 heterocycles. The maximum Gasteiger partial charge on any atom is 0.332 e. The zero-order chi connectivity index (χ0) is 16.0. The molecule has 4 aromatic rings. The number of aromatic nitrogens is 1. The zero-order valence-electron chi connectivity index (χ0n) is 12.7. The van der Waals surface area contributed by atoms with Crippen LogP contribution in [0.25, 0.3) is 27.2 Å². The molecule has 23 heavy (non-hydrogen) atoms. The first kappa shape index (κ1) is 13.6. The van der Waals surface area contributed by atoms with Crippen molar-refractivity contribution < 1.29 is 14.4 Å². The molecule has 0 saturated carbocycles. The van der Waals surface area contributed by atoms with Crippen LogP contribution >= 0.6 is 0 Å².